The van der Waals surface area contributed by atoms with Crippen LogP contribution < -0.4 is 15.4 Å². The van der Waals surface area contributed by atoms with Crippen molar-refractivity contribution >= 4 is 39.1 Å². The van der Waals surface area contributed by atoms with Crippen molar-refractivity contribution in [3.05, 3.63) is 87.9 Å². The lowest BCUT2D eigenvalue weighted by Crippen LogP contribution is -2.16. The van der Waals surface area contributed by atoms with Gasteiger partial charge in [-0.15, -0.1) is 0 Å². The van der Waals surface area contributed by atoms with E-state index < -0.39 is 0 Å². The number of ether oxygens (including phenoxy) is 1. The minimum Gasteiger partial charge on any atom is -0.492 e. The normalized spacial score (nSPS) is 11.3. The Morgan fingerprint density at radius 2 is 1.50 bits per heavy atom. The molecule has 2 amide bonds. The molecule has 5 nitrogen and oxygen atoms in total. The summed E-state index contributed by atoms with van der Waals surface area (Å²) in [5, 5.41) is 5.80. The van der Waals surface area contributed by atoms with Gasteiger partial charge in [0.15, 0.2) is 0 Å². The monoisotopic (exact) mass is 522 g/mol. The molecule has 6 heteroatoms. The molecular weight excluding hydrogens is 492 g/mol. The Labute approximate surface area is 210 Å². The van der Waals surface area contributed by atoms with E-state index in [-0.39, 0.29) is 17.2 Å². The van der Waals surface area contributed by atoms with E-state index in [0.29, 0.717) is 40.8 Å². The molecule has 2 N–H and O–H groups in total. The van der Waals surface area contributed by atoms with Crippen LogP contribution in [0.25, 0.3) is 0 Å². The Balaban J connectivity index is 1.72. The summed E-state index contributed by atoms with van der Waals surface area (Å²) in [5.41, 5.74) is 3.36. The van der Waals surface area contributed by atoms with Gasteiger partial charge in [-0.25, -0.2) is 0 Å². The summed E-state index contributed by atoms with van der Waals surface area (Å²) in [6.45, 7) is 11.0. The van der Waals surface area contributed by atoms with Gasteiger partial charge in [-0.1, -0.05) is 68.7 Å². The lowest BCUT2D eigenvalue weighted by Gasteiger charge is -2.19. The molecule has 0 heterocycles. The first-order chi connectivity index (χ1) is 16.0. The van der Waals surface area contributed by atoms with Crippen molar-refractivity contribution in [1.29, 1.82) is 0 Å². The minimum atomic E-state index is -0.290. The van der Waals surface area contributed by atoms with Crippen LogP contribution in [0.5, 0.6) is 5.75 Å². The van der Waals surface area contributed by atoms with Crippen LogP contribution in [0.3, 0.4) is 0 Å². The lowest BCUT2D eigenvalue weighted by molar-refractivity contribution is 0.101. The Morgan fingerprint density at radius 1 is 0.882 bits per heavy atom. The topological polar surface area (TPSA) is 67.4 Å². The van der Waals surface area contributed by atoms with Crippen LogP contribution in [0.2, 0.25) is 0 Å². The largest absolute Gasteiger partial charge is 0.492 e. The van der Waals surface area contributed by atoms with E-state index in [1.54, 1.807) is 36.4 Å². The van der Waals surface area contributed by atoms with Crippen molar-refractivity contribution in [2.75, 3.05) is 17.2 Å². The van der Waals surface area contributed by atoms with E-state index in [9.17, 15) is 9.59 Å². The maximum atomic E-state index is 13.0. The zero-order valence-corrected chi connectivity index (χ0v) is 21.8. The number of halogens is 1. The summed E-state index contributed by atoms with van der Waals surface area (Å²) < 4.78 is 6.61. The first kappa shape index (κ1) is 25.5. The average molecular weight is 523 g/mol. The molecule has 0 radical (unpaired) electrons. The highest BCUT2D eigenvalue weighted by molar-refractivity contribution is 9.10. The first-order valence-electron chi connectivity index (χ1n) is 11.3. The van der Waals surface area contributed by atoms with Crippen LogP contribution in [-0.2, 0) is 5.41 Å². The van der Waals surface area contributed by atoms with Crippen molar-refractivity contribution in [3.8, 4) is 5.75 Å². The molecule has 34 heavy (non-hydrogen) atoms. The zero-order valence-electron chi connectivity index (χ0n) is 20.2. The Kier molecular flexibility index (Phi) is 8.15. The fourth-order valence-electron chi connectivity index (χ4n) is 3.26. The quantitative estimate of drug-likeness (QED) is 0.342. The number of anilines is 2. The molecule has 0 saturated carbocycles. The second-order valence-electron chi connectivity index (χ2n) is 9.66. The summed E-state index contributed by atoms with van der Waals surface area (Å²) in [6, 6.07) is 20.0. The SMILES string of the molecule is CC(C)COc1ccc(Br)cc1C(=O)Nc1cccc(NC(=O)c2ccc(C(C)(C)C)cc2)c1. The number of carbonyl (C=O) groups is 2. The molecular formula is C28H31BrN2O3. The van der Waals surface area contributed by atoms with Crippen molar-refractivity contribution in [2.24, 2.45) is 5.92 Å². The Hall–Kier alpha value is -3.12. The molecule has 3 rings (SSSR count). The highest BCUT2D eigenvalue weighted by Crippen LogP contribution is 2.26. The summed E-state index contributed by atoms with van der Waals surface area (Å²) in [5.74, 6) is 0.365. The van der Waals surface area contributed by atoms with Crippen molar-refractivity contribution in [2.45, 2.75) is 40.0 Å². The molecule has 0 aromatic heterocycles. The van der Waals surface area contributed by atoms with E-state index in [4.69, 9.17) is 4.74 Å². The Bertz CT molecular complexity index is 1170. The molecule has 3 aromatic carbocycles. The van der Waals surface area contributed by atoms with Gasteiger partial charge in [-0.3, -0.25) is 9.59 Å². The van der Waals surface area contributed by atoms with Gasteiger partial charge in [0.25, 0.3) is 11.8 Å². The highest BCUT2D eigenvalue weighted by atomic mass is 79.9. The highest BCUT2D eigenvalue weighted by Gasteiger charge is 2.16. The lowest BCUT2D eigenvalue weighted by atomic mass is 9.87. The summed E-state index contributed by atoms with van der Waals surface area (Å²) >= 11 is 3.42. The maximum Gasteiger partial charge on any atom is 0.259 e. The number of nitrogens with one attached hydrogen (secondary N) is 2. The third-order valence-corrected chi connectivity index (χ3v) is 5.64. The van der Waals surface area contributed by atoms with E-state index in [0.717, 1.165) is 10.0 Å². The molecule has 0 aliphatic rings. The number of rotatable bonds is 7. The second-order valence-corrected chi connectivity index (χ2v) is 10.6. The van der Waals surface area contributed by atoms with Gasteiger partial charge >= 0.3 is 0 Å². The number of carbonyl (C=O) groups excluding carboxylic acids is 2. The average Bonchev–Trinajstić information content (AvgIpc) is 2.77. The molecule has 0 saturated heterocycles. The molecule has 0 atom stereocenters. The van der Waals surface area contributed by atoms with Crippen LogP contribution in [0.1, 0.15) is 60.9 Å². The van der Waals surface area contributed by atoms with Crippen molar-refractivity contribution in [3.63, 3.8) is 0 Å². The van der Waals surface area contributed by atoms with Gasteiger partial charge in [0, 0.05) is 21.4 Å². The minimum absolute atomic E-state index is 0.0234. The van der Waals surface area contributed by atoms with Crippen LogP contribution in [0, 0.1) is 5.92 Å². The van der Waals surface area contributed by atoms with Gasteiger partial charge in [-0.05, 0) is 65.4 Å². The predicted molar refractivity (Wildman–Crippen MR) is 142 cm³/mol. The zero-order chi connectivity index (χ0) is 24.9. The molecule has 0 fully saturated rings. The third kappa shape index (κ3) is 6.94. The fraction of sp³-hybridized carbons (Fsp3) is 0.286. The van der Waals surface area contributed by atoms with E-state index in [1.165, 1.54) is 0 Å². The number of hydrogen-bond donors (Lipinski definition) is 2. The third-order valence-electron chi connectivity index (χ3n) is 5.15. The van der Waals surface area contributed by atoms with E-state index >= 15 is 0 Å². The van der Waals surface area contributed by atoms with Crippen molar-refractivity contribution < 1.29 is 14.3 Å². The fourth-order valence-corrected chi connectivity index (χ4v) is 3.62. The molecule has 178 valence electrons. The molecule has 3 aromatic rings. The summed E-state index contributed by atoms with van der Waals surface area (Å²) in [6.07, 6.45) is 0. The van der Waals surface area contributed by atoms with Crippen molar-refractivity contribution in [1.82, 2.24) is 0 Å². The summed E-state index contributed by atoms with van der Waals surface area (Å²) in [7, 11) is 0. The molecule has 0 bridgehead atoms. The number of hydrogen-bond acceptors (Lipinski definition) is 3. The van der Waals surface area contributed by atoms with Gasteiger partial charge in [0.05, 0.1) is 12.2 Å². The van der Waals surface area contributed by atoms with Crippen LogP contribution in [0.4, 0.5) is 11.4 Å². The van der Waals surface area contributed by atoms with Crippen LogP contribution in [-0.4, -0.2) is 18.4 Å². The standard InChI is InChI=1S/C28H31BrN2O3/c1-18(2)17-34-25-14-13-21(29)15-24(25)27(33)31-23-8-6-7-22(16-23)30-26(32)19-9-11-20(12-10-19)28(3,4)5/h6-16,18H,17H2,1-5H3,(H,30,32)(H,31,33). The van der Waals surface area contributed by atoms with Gasteiger partial charge in [-0.2, -0.15) is 0 Å². The van der Waals surface area contributed by atoms with E-state index in [2.05, 4.69) is 61.2 Å². The van der Waals surface area contributed by atoms with Gasteiger partial charge in [0.1, 0.15) is 5.75 Å². The first-order valence-corrected chi connectivity index (χ1v) is 12.1. The van der Waals surface area contributed by atoms with Crippen LogP contribution in [0.15, 0.2) is 71.2 Å². The van der Waals surface area contributed by atoms with Crippen LogP contribution >= 0.6 is 15.9 Å². The number of amides is 2. The second kappa shape index (κ2) is 10.9. The predicted octanol–water partition coefficient (Wildman–Crippen LogP) is 7.29. The maximum absolute atomic E-state index is 13.0. The molecule has 0 unspecified atom stereocenters. The Morgan fingerprint density at radius 3 is 2.09 bits per heavy atom. The smallest absolute Gasteiger partial charge is 0.259 e. The van der Waals surface area contributed by atoms with E-state index in [1.807, 2.05) is 30.3 Å². The van der Waals surface area contributed by atoms with Gasteiger partial charge < -0.3 is 15.4 Å². The van der Waals surface area contributed by atoms with Gasteiger partial charge in [0.2, 0.25) is 0 Å². The molecule has 0 aliphatic heterocycles. The molecule has 0 spiro atoms. The summed E-state index contributed by atoms with van der Waals surface area (Å²) in [4.78, 5) is 25.7. The molecule has 0 aliphatic carbocycles. The number of benzene rings is 3.